The molecule has 1 aromatic carbocycles. The molecule has 0 heterocycles. The van der Waals surface area contributed by atoms with Gasteiger partial charge in [0, 0.05) is 12.8 Å². The molecule has 0 aliphatic heterocycles. The molecule has 0 atom stereocenters. The van der Waals surface area contributed by atoms with Gasteiger partial charge in [-0.1, -0.05) is 29.3 Å². The van der Waals surface area contributed by atoms with E-state index in [-0.39, 0.29) is 5.78 Å². The highest BCUT2D eigenvalue weighted by atomic mass is 35.5. The number of hydrogen-bond acceptors (Lipinski definition) is 2. The Hall–Kier alpha value is -0.570. The number of halogens is 2. The third-order valence-electron chi connectivity index (χ3n) is 2.05. The summed E-state index contributed by atoms with van der Waals surface area (Å²) < 4.78 is 0. The van der Waals surface area contributed by atoms with Crippen molar-refractivity contribution in [3.05, 3.63) is 33.8 Å². The summed E-state index contributed by atoms with van der Waals surface area (Å²) >= 11 is 11.6. The highest BCUT2D eigenvalue weighted by Crippen LogP contribution is 2.22. The molecule has 0 bridgehead atoms. The van der Waals surface area contributed by atoms with Crippen LogP contribution in [-0.2, 0) is 11.2 Å². The van der Waals surface area contributed by atoms with E-state index < -0.39 is 0 Å². The van der Waals surface area contributed by atoms with Crippen LogP contribution in [0, 0.1) is 0 Å². The van der Waals surface area contributed by atoms with Gasteiger partial charge >= 0.3 is 0 Å². The number of nitrogens with two attached hydrogens (primary N) is 1. The second-order valence-electron chi connectivity index (χ2n) is 3.36. The number of Topliss-reactive ketones (excluding diaryl/α,β-unsaturated/α-hetero) is 1. The zero-order chi connectivity index (χ0) is 11.3. The van der Waals surface area contributed by atoms with Gasteiger partial charge in [-0.3, -0.25) is 4.79 Å². The lowest BCUT2D eigenvalue weighted by atomic mass is 10.1. The molecule has 0 aliphatic carbocycles. The van der Waals surface area contributed by atoms with E-state index in [0.29, 0.717) is 29.4 Å². The van der Waals surface area contributed by atoms with E-state index in [9.17, 15) is 4.79 Å². The van der Waals surface area contributed by atoms with Gasteiger partial charge in [0.25, 0.3) is 0 Å². The van der Waals surface area contributed by atoms with E-state index in [1.165, 1.54) is 0 Å². The quantitative estimate of drug-likeness (QED) is 0.868. The molecule has 2 N–H and O–H groups in total. The number of rotatable bonds is 5. The summed E-state index contributed by atoms with van der Waals surface area (Å²) in [5.41, 5.74) is 6.22. The van der Waals surface area contributed by atoms with Crippen LogP contribution in [0.3, 0.4) is 0 Å². The van der Waals surface area contributed by atoms with Crippen molar-refractivity contribution >= 4 is 29.0 Å². The molecule has 1 aromatic rings. The lowest BCUT2D eigenvalue weighted by Crippen LogP contribution is -2.06. The van der Waals surface area contributed by atoms with Gasteiger partial charge in [-0.15, -0.1) is 0 Å². The van der Waals surface area contributed by atoms with Gasteiger partial charge in [0.15, 0.2) is 0 Å². The van der Waals surface area contributed by atoms with Crippen molar-refractivity contribution in [1.82, 2.24) is 0 Å². The SMILES string of the molecule is NCCCC(=O)Cc1ccc(Cl)c(Cl)c1. The van der Waals surface area contributed by atoms with Crippen molar-refractivity contribution in [2.75, 3.05) is 6.54 Å². The summed E-state index contributed by atoms with van der Waals surface area (Å²) in [5, 5.41) is 0.996. The maximum Gasteiger partial charge on any atom is 0.137 e. The fourth-order valence-corrected chi connectivity index (χ4v) is 1.59. The second kappa shape index (κ2) is 6.11. The van der Waals surface area contributed by atoms with Crippen molar-refractivity contribution in [2.24, 2.45) is 5.73 Å². The molecule has 1 rings (SSSR count). The molecule has 0 saturated carbocycles. The zero-order valence-corrected chi connectivity index (χ0v) is 9.81. The summed E-state index contributed by atoms with van der Waals surface area (Å²) in [7, 11) is 0. The molecule has 82 valence electrons. The first kappa shape index (κ1) is 12.5. The van der Waals surface area contributed by atoms with Gasteiger partial charge in [0.2, 0.25) is 0 Å². The molecule has 4 heteroatoms. The van der Waals surface area contributed by atoms with Crippen molar-refractivity contribution in [1.29, 1.82) is 0 Å². The Morgan fingerprint density at radius 2 is 2.00 bits per heavy atom. The first-order valence-electron chi connectivity index (χ1n) is 4.79. The van der Waals surface area contributed by atoms with Crippen molar-refractivity contribution in [3.63, 3.8) is 0 Å². The molecule has 0 spiro atoms. The lowest BCUT2D eigenvalue weighted by molar-refractivity contribution is -0.118. The predicted molar refractivity (Wildman–Crippen MR) is 63.5 cm³/mol. The minimum atomic E-state index is 0.179. The predicted octanol–water partition coefficient (Wildman–Crippen LogP) is 2.84. The maximum atomic E-state index is 11.4. The molecule has 0 saturated heterocycles. The molecule has 0 aliphatic rings. The van der Waals surface area contributed by atoms with Crippen LogP contribution in [0.25, 0.3) is 0 Å². The van der Waals surface area contributed by atoms with Crippen LogP contribution >= 0.6 is 23.2 Å². The Labute approximate surface area is 99.4 Å². The Morgan fingerprint density at radius 3 is 2.60 bits per heavy atom. The lowest BCUT2D eigenvalue weighted by Gasteiger charge is -2.02. The molecule has 15 heavy (non-hydrogen) atoms. The normalized spacial score (nSPS) is 10.3. The first-order valence-corrected chi connectivity index (χ1v) is 5.54. The third kappa shape index (κ3) is 4.20. The van der Waals surface area contributed by atoms with E-state index in [4.69, 9.17) is 28.9 Å². The van der Waals surface area contributed by atoms with Gasteiger partial charge in [-0.25, -0.2) is 0 Å². The summed E-state index contributed by atoms with van der Waals surface area (Å²) in [4.78, 5) is 11.4. The van der Waals surface area contributed by atoms with Crippen LogP contribution in [0.4, 0.5) is 0 Å². The standard InChI is InChI=1S/C11H13Cl2NO/c12-10-4-3-8(7-11(10)13)6-9(15)2-1-5-14/h3-4,7H,1-2,5-6,14H2. The molecular formula is C11H13Cl2NO. The number of ketones is 1. The average Bonchev–Trinajstić information content (AvgIpc) is 2.20. The van der Waals surface area contributed by atoms with Crippen LogP contribution in [0.2, 0.25) is 10.0 Å². The Balaban J connectivity index is 2.57. The van der Waals surface area contributed by atoms with E-state index in [0.717, 1.165) is 12.0 Å². The molecule has 2 nitrogen and oxygen atoms in total. The summed E-state index contributed by atoms with van der Waals surface area (Å²) in [6, 6.07) is 5.24. The van der Waals surface area contributed by atoms with Crippen molar-refractivity contribution in [2.45, 2.75) is 19.3 Å². The summed E-state index contributed by atoms with van der Waals surface area (Å²) in [5.74, 6) is 0.179. The highest BCUT2D eigenvalue weighted by Gasteiger charge is 2.05. The number of carbonyl (C=O) groups is 1. The van der Waals surface area contributed by atoms with Crippen molar-refractivity contribution < 1.29 is 4.79 Å². The van der Waals surface area contributed by atoms with Gasteiger partial charge < -0.3 is 5.73 Å². The molecule has 0 radical (unpaired) electrons. The monoisotopic (exact) mass is 245 g/mol. The Bertz CT molecular complexity index is 352. The average molecular weight is 246 g/mol. The van der Waals surface area contributed by atoms with E-state index >= 15 is 0 Å². The minimum Gasteiger partial charge on any atom is -0.330 e. The molecule has 0 amide bonds. The van der Waals surface area contributed by atoms with E-state index in [2.05, 4.69) is 0 Å². The number of hydrogen-bond donors (Lipinski definition) is 1. The van der Waals surface area contributed by atoms with Gasteiger partial charge in [-0.05, 0) is 30.7 Å². The Morgan fingerprint density at radius 1 is 1.27 bits per heavy atom. The molecule has 0 unspecified atom stereocenters. The third-order valence-corrected chi connectivity index (χ3v) is 2.78. The topological polar surface area (TPSA) is 43.1 Å². The van der Waals surface area contributed by atoms with Gasteiger partial charge in [-0.2, -0.15) is 0 Å². The highest BCUT2D eigenvalue weighted by molar-refractivity contribution is 6.42. The van der Waals surface area contributed by atoms with E-state index in [1.807, 2.05) is 6.07 Å². The fraction of sp³-hybridized carbons (Fsp3) is 0.364. The maximum absolute atomic E-state index is 11.4. The largest absolute Gasteiger partial charge is 0.330 e. The summed E-state index contributed by atoms with van der Waals surface area (Å²) in [6.45, 7) is 0.549. The van der Waals surface area contributed by atoms with Crippen LogP contribution < -0.4 is 5.73 Å². The zero-order valence-electron chi connectivity index (χ0n) is 8.30. The Kier molecular flexibility index (Phi) is 5.09. The van der Waals surface area contributed by atoms with Gasteiger partial charge in [0.1, 0.15) is 5.78 Å². The van der Waals surface area contributed by atoms with Crippen LogP contribution in [0.15, 0.2) is 18.2 Å². The van der Waals surface area contributed by atoms with Crippen LogP contribution in [-0.4, -0.2) is 12.3 Å². The molecular weight excluding hydrogens is 233 g/mol. The first-order chi connectivity index (χ1) is 7.13. The van der Waals surface area contributed by atoms with Crippen molar-refractivity contribution in [3.8, 4) is 0 Å². The second-order valence-corrected chi connectivity index (χ2v) is 4.17. The summed E-state index contributed by atoms with van der Waals surface area (Å²) in [6.07, 6.45) is 1.66. The van der Waals surface area contributed by atoms with E-state index in [1.54, 1.807) is 12.1 Å². The van der Waals surface area contributed by atoms with Crippen LogP contribution in [0.5, 0.6) is 0 Å². The number of carbonyl (C=O) groups excluding carboxylic acids is 1. The molecule has 0 aromatic heterocycles. The van der Waals surface area contributed by atoms with Gasteiger partial charge in [0.05, 0.1) is 10.0 Å². The minimum absolute atomic E-state index is 0.179. The molecule has 0 fully saturated rings. The number of benzene rings is 1. The van der Waals surface area contributed by atoms with Crippen LogP contribution in [0.1, 0.15) is 18.4 Å². The smallest absolute Gasteiger partial charge is 0.137 e. The fourth-order valence-electron chi connectivity index (χ4n) is 1.26.